The summed E-state index contributed by atoms with van der Waals surface area (Å²) in [6.07, 6.45) is 0. The molecule has 0 atom stereocenters. The topological polar surface area (TPSA) is 88.7 Å². The highest BCUT2D eigenvalue weighted by molar-refractivity contribution is 6.32. The Kier molecular flexibility index (Phi) is 7.35. The van der Waals surface area contributed by atoms with Crippen molar-refractivity contribution in [1.29, 1.82) is 0 Å². The van der Waals surface area contributed by atoms with Crippen molar-refractivity contribution < 1.29 is 19.1 Å². The lowest BCUT2D eigenvalue weighted by molar-refractivity contribution is 0.102. The first-order valence-corrected chi connectivity index (χ1v) is 9.92. The summed E-state index contributed by atoms with van der Waals surface area (Å²) in [6.45, 7) is 2.26. The number of halogens is 1. The smallest absolute Gasteiger partial charge is 0.323 e. The Hall–Kier alpha value is -3.71. The minimum atomic E-state index is -0.362. The second kappa shape index (κ2) is 10.4. The van der Waals surface area contributed by atoms with E-state index in [2.05, 4.69) is 16.0 Å². The molecule has 3 aromatic carbocycles. The molecule has 0 radical (unpaired) electrons. The maximum atomic E-state index is 12.6. The Morgan fingerprint density at radius 3 is 2.03 bits per heavy atom. The van der Waals surface area contributed by atoms with E-state index in [1.54, 1.807) is 42.5 Å². The molecule has 160 valence electrons. The van der Waals surface area contributed by atoms with Gasteiger partial charge in [0.2, 0.25) is 0 Å². The Morgan fingerprint density at radius 2 is 1.45 bits per heavy atom. The lowest BCUT2D eigenvalue weighted by Crippen LogP contribution is -2.19. The van der Waals surface area contributed by atoms with Gasteiger partial charge in [-0.1, -0.05) is 29.8 Å². The number of hydrogen-bond acceptors (Lipinski definition) is 4. The number of hydrogen-bond donors (Lipinski definition) is 3. The summed E-state index contributed by atoms with van der Waals surface area (Å²) < 4.78 is 10.7. The van der Waals surface area contributed by atoms with Gasteiger partial charge in [-0.25, -0.2) is 4.79 Å². The van der Waals surface area contributed by atoms with Crippen molar-refractivity contribution in [2.75, 3.05) is 29.7 Å². The van der Waals surface area contributed by atoms with Gasteiger partial charge in [-0.3, -0.25) is 4.79 Å². The quantitative estimate of drug-likeness (QED) is 0.444. The number of para-hydroxylation sites is 1. The fraction of sp³-hybridized carbons (Fsp3) is 0.130. The molecule has 0 heterocycles. The van der Waals surface area contributed by atoms with Crippen molar-refractivity contribution in [2.24, 2.45) is 0 Å². The highest BCUT2D eigenvalue weighted by Gasteiger charge is 2.16. The summed E-state index contributed by atoms with van der Waals surface area (Å²) in [4.78, 5) is 24.7. The number of anilines is 3. The summed E-state index contributed by atoms with van der Waals surface area (Å²) in [5.74, 6) is 0.418. The third-order valence-electron chi connectivity index (χ3n) is 4.21. The summed E-state index contributed by atoms with van der Waals surface area (Å²) in [6, 6.07) is 18.6. The minimum absolute atomic E-state index is 0.287. The average molecular weight is 440 g/mol. The molecule has 0 saturated carbocycles. The highest BCUT2D eigenvalue weighted by Crippen LogP contribution is 2.36. The first kappa shape index (κ1) is 22.0. The SMILES string of the molecule is CCOc1c(Cl)cc(C(=O)Nc2ccc(NC(=O)Nc3ccccc3)cc2)cc1OC. The number of urea groups is 1. The van der Waals surface area contributed by atoms with E-state index in [-0.39, 0.29) is 17.0 Å². The van der Waals surface area contributed by atoms with Crippen LogP contribution in [0.25, 0.3) is 0 Å². The highest BCUT2D eigenvalue weighted by atomic mass is 35.5. The standard InChI is InChI=1S/C23H22ClN3O4/c1-3-31-21-19(24)13-15(14-20(21)30-2)22(28)25-17-9-11-18(12-10-17)27-23(29)26-16-7-5-4-6-8-16/h4-14H,3H2,1-2H3,(H,25,28)(H2,26,27,29). The number of methoxy groups -OCH3 is 1. The van der Waals surface area contributed by atoms with Crippen LogP contribution in [0.4, 0.5) is 21.9 Å². The minimum Gasteiger partial charge on any atom is -0.493 e. The molecule has 0 saturated heterocycles. The van der Waals surface area contributed by atoms with E-state index in [0.29, 0.717) is 40.7 Å². The van der Waals surface area contributed by atoms with Gasteiger partial charge in [-0.2, -0.15) is 0 Å². The number of benzene rings is 3. The normalized spacial score (nSPS) is 10.2. The molecule has 0 aliphatic carbocycles. The van der Waals surface area contributed by atoms with Crippen LogP contribution in [0.1, 0.15) is 17.3 Å². The van der Waals surface area contributed by atoms with Crippen LogP contribution in [-0.2, 0) is 0 Å². The average Bonchev–Trinajstić information content (AvgIpc) is 2.77. The fourth-order valence-electron chi connectivity index (χ4n) is 2.79. The third-order valence-corrected chi connectivity index (χ3v) is 4.49. The molecular formula is C23H22ClN3O4. The lowest BCUT2D eigenvalue weighted by Gasteiger charge is -2.13. The van der Waals surface area contributed by atoms with Crippen molar-refractivity contribution >= 4 is 40.6 Å². The lowest BCUT2D eigenvalue weighted by atomic mass is 10.1. The largest absolute Gasteiger partial charge is 0.493 e. The van der Waals surface area contributed by atoms with E-state index in [0.717, 1.165) is 0 Å². The molecule has 7 nitrogen and oxygen atoms in total. The van der Waals surface area contributed by atoms with Crippen molar-refractivity contribution in [2.45, 2.75) is 6.92 Å². The Bertz CT molecular complexity index is 1060. The predicted octanol–water partition coefficient (Wildman–Crippen LogP) is 5.64. The molecule has 31 heavy (non-hydrogen) atoms. The first-order chi connectivity index (χ1) is 15.0. The number of amides is 3. The van der Waals surface area contributed by atoms with E-state index in [4.69, 9.17) is 21.1 Å². The molecule has 0 aromatic heterocycles. The van der Waals surface area contributed by atoms with Crippen molar-refractivity contribution in [3.8, 4) is 11.5 Å². The van der Waals surface area contributed by atoms with Crippen LogP contribution in [0.3, 0.4) is 0 Å². The van der Waals surface area contributed by atoms with Gasteiger partial charge in [-0.05, 0) is 55.5 Å². The molecule has 3 amide bonds. The van der Waals surface area contributed by atoms with Gasteiger partial charge in [0.15, 0.2) is 11.5 Å². The van der Waals surface area contributed by atoms with Crippen LogP contribution in [0, 0.1) is 0 Å². The molecule has 3 N–H and O–H groups in total. The maximum Gasteiger partial charge on any atom is 0.323 e. The number of nitrogens with one attached hydrogen (secondary N) is 3. The van der Waals surface area contributed by atoms with Crippen LogP contribution in [-0.4, -0.2) is 25.7 Å². The van der Waals surface area contributed by atoms with Gasteiger partial charge in [0.05, 0.1) is 18.7 Å². The Labute approximate surface area is 185 Å². The van der Waals surface area contributed by atoms with Gasteiger partial charge in [-0.15, -0.1) is 0 Å². The van der Waals surface area contributed by atoms with E-state index in [1.165, 1.54) is 13.2 Å². The zero-order chi connectivity index (χ0) is 22.2. The molecular weight excluding hydrogens is 418 g/mol. The summed E-state index contributed by atoms with van der Waals surface area (Å²) >= 11 is 6.24. The Balaban J connectivity index is 1.63. The molecule has 0 bridgehead atoms. The monoisotopic (exact) mass is 439 g/mol. The summed E-state index contributed by atoms with van der Waals surface area (Å²) in [5.41, 5.74) is 2.16. The van der Waals surface area contributed by atoms with Gasteiger partial charge < -0.3 is 25.4 Å². The first-order valence-electron chi connectivity index (χ1n) is 9.55. The number of carbonyl (C=O) groups excluding carboxylic acids is 2. The van der Waals surface area contributed by atoms with Crippen LogP contribution in [0.15, 0.2) is 66.7 Å². The van der Waals surface area contributed by atoms with Crippen LogP contribution < -0.4 is 25.4 Å². The van der Waals surface area contributed by atoms with Gasteiger partial charge in [0, 0.05) is 22.6 Å². The van der Waals surface area contributed by atoms with Crippen molar-refractivity contribution in [3.63, 3.8) is 0 Å². The molecule has 3 aromatic rings. The zero-order valence-electron chi connectivity index (χ0n) is 17.1. The van der Waals surface area contributed by atoms with E-state index >= 15 is 0 Å². The van der Waals surface area contributed by atoms with E-state index in [9.17, 15) is 9.59 Å². The van der Waals surface area contributed by atoms with E-state index < -0.39 is 0 Å². The Morgan fingerprint density at radius 1 is 0.871 bits per heavy atom. The van der Waals surface area contributed by atoms with Crippen LogP contribution >= 0.6 is 11.6 Å². The summed E-state index contributed by atoms with van der Waals surface area (Å²) in [5, 5.41) is 8.54. The fourth-order valence-corrected chi connectivity index (χ4v) is 3.06. The van der Waals surface area contributed by atoms with Crippen LogP contribution in [0.5, 0.6) is 11.5 Å². The maximum absolute atomic E-state index is 12.6. The number of ether oxygens (including phenoxy) is 2. The molecule has 0 spiro atoms. The van der Waals surface area contributed by atoms with Gasteiger partial charge in [0.1, 0.15) is 0 Å². The van der Waals surface area contributed by atoms with E-state index in [1.807, 2.05) is 25.1 Å². The van der Waals surface area contributed by atoms with Crippen molar-refractivity contribution in [3.05, 3.63) is 77.3 Å². The molecule has 0 aliphatic rings. The predicted molar refractivity (Wildman–Crippen MR) is 123 cm³/mol. The number of rotatable bonds is 7. The van der Waals surface area contributed by atoms with Crippen LogP contribution in [0.2, 0.25) is 5.02 Å². The van der Waals surface area contributed by atoms with Gasteiger partial charge in [0.25, 0.3) is 5.91 Å². The molecule has 3 rings (SSSR count). The summed E-state index contributed by atoms with van der Waals surface area (Å²) in [7, 11) is 1.48. The molecule has 8 heteroatoms. The van der Waals surface area contributed by atoms with Gasteiger partial charge >= 0.3 is 6.03 Å². The number of carbonyl (C=O) groups is 2. The molecule has 0 aliphatic heterocycles. The molecule has 0 unspecified atom stereocenters. The second-order valence-corrected chi connectivity index (χ2v) is 6.81. The zero-order valence-corrected chi connectivity index (χ0v) is 17.8. The third kappa shape index (κ3) is 5.90. The van der Waals surface area contributed by atoms with Crippen molar-refractivity contribution in [1.82, 2.24) is 0 Å². The molecule has 0 fully saturated rings. The second-order valence-electron chi connectivity index (χ2n) is 6.40.